The van der Waals surface area contributed by atoms with Crippen molar-refractivity contribution in [3.05, 3.63) is 28.2 Å². The molecule has 0 amide bonds. The van der Waals surface area contributed by atoms with E-state index in [2.05, 4.69) is 28.9 Å². The molecule has 3 atom stereocenters. The summed E-state index contributed by atoms with van der Waals surface area (Å²) in [6.07, 6.45) is 2.14. The quantitative estimate of drug-likeness (QED) is 0.929. The topological polar surface area (TPSA) is 44.5 Å². The fourth-order valence-electron chi connectivity index (χ4n) is 2.62. The van der Waals surface area contributed by atoms with Crippen molar-refractivity contribution in [3.8, 4) is 5.75 Å². The summed E-state index contributed by atoms with van der Waals surface area (Å²) >= 11 is 3.49. The minimum absolute atomic E-state index is 0.116. The molecule has 4 heteroatoms. The summed E-state index contributed by atoms with van der Waals surface area (Å²) in [6.45, 7) is 2.94. The van der Waals surface area contributed by atoms with E-state index in [0.717, 1.165) is 35.2 Å². The van der Waals surface area contributed by atoms with E-state index in [0.29, 0.717) is 5.92 Å². The van der Waals surface area contributed by atoms with Gasteiger partial charge in [0.25, 0.3) is 0 Å². The minimum atomic E-state index is 0.116. The van der Waals surface area contributed by atoms with Gasteiger partial charge in [0.1, 0.15) is 5.75 Å². The molecule has 18 heavy (non-hydrogen) atoms. The number of hydrogen-bond donors (Lipinski definition) is 1. The number of rotatable bonds is 4. The molecule has 0 radical (unpaired) electrons. The van der Waals surface area contributed by atoms with Gasteiger partial charge in [0.15, 0.2) is 0 Å². The highest BCUT2D eigenvalue weighted by atomic mass is 79.9. The van der Waals surface area contributed by atoms with Gasteiger partial charge in [0, 0.05) is 23.0 Å². The van der Waals surface area contributed by atoms with Gasteiger partial charge in [-0.15, -0.1) is 0 Å². The number of ether oxygens (including phenoxy) is 2. The molecule has 0 saturated carbocycles. The Labute approximate surface area is 117 Å². The summed E-state index contributed by atoms with van der Waals surface area (Å²) in [5.41, 5.74) is 7.48. The average Bonchev–Trinajstić information content (AvgIpc) is 2.76. The first kappa shape index (κ1) is 13.8. The molecule has 1 saturated heterocycles. The van der Waals surface area contributed by atoms with Gasteiger partial charge in [-0.2, -0.15) is 0 Å². The predicted molar refractivity (Wildman–Crippen MR) is 75.9 cm³/mol. The van der Waals surface area contributed by atoms with Crippen molar-refractivity contribution in [2.75, 3.05) is 13.7 Å². The molecule has 2 rings (SSSR count). The van der Waals surface area contributed by atoms with Crippen LogP contribution in [0.15, 0.2) is 22.7 Å². The lowest BCUT2D eigenvalue weighted by atomic mass is 9.89. The molecule has 3 unspecified atom stereocenters. The van der Waals surface area contributed by atoms with E-state index in [1.54, 1.807) is 7.11 Å². The molecule has 1 aromatic carbocycles. The highest BCUT2D eigenvalue weighted by Gasteiger charge is 2.30. The van der Waals surface area contributed by atoms with Crippen LogP contribution in [0.2, 0.25) is 0 Å². The molecule has 0 spiro atoms. The van der Waals surface area contributed by atoms with Crippen LogP contribution >= 0.6 is 15.9 Å². The molecule has 1 aromatic rings. The van der Waals surface area contributed by atoms with Crippen LogP contribution in [0.25, 0.3) is 0 Å². The summed E-state index contributed by atoms with van der Waals surface area (Å²) in [4.78, 5) is 0. The summed E-state index contributed by atoms with van der Waals surface area (Å²) in [5.74, 6) is 1.34. The minimum Gasteiger partial charge on any atom is -0.496 e. The third-order valence-corrected chi connectivity index (χ3v) is 4.18. The Kier molecular flexibility index (Phi) is 4.65. The highest BCUT2D eigenvalue weighted by molar-refractivity contribution is 9.10. The average molecular weight is 314 g/mol. The zero-order valence-electron chi connectivity index (χ0n) is 10.9. The van der Waals surface area contributed by atoms with Crippen molar-refractivity contribution in [2.45, 2.75) is 31.9 Å². The smallest absolute Gasteiger partial charge is 0.122 e. The molecule has 3 nitrogen and oxygen atoms in total. The second-order valence-electron chi connectivity index (χ2n) is 4.85. The molecule has 1 aliphatic heterocycles. The van der Waals surface area contributed by atoms with Crippen LogP contribution in [0.5, 0.6) is 5.75 Å². The second kappa shape index (κ2) is 6.04. The third kappa shape index (κ3) is 3.05. The fourth-order valence-corrected chi connectivity index (χ4v) is 3.03. The first-order valence-corrected chi connectivity index (χ1v) is 7.10. The summed E-state index contributed by atoms with van der Waals surface area (Å²) in [7, 11) is 1.69. The fraction of sp³-hybridized carbons (Fsp3) is 0.571. The maximum Gasteiger partial charge on any atom is 0.122 e. The SMILES string of the molecule is COc1ccc(Br)cc1CC(N)C1CCOC1C. The van der Waals surface area contributed by atoms with Crippen molar-refractivity contribution < 1.29 is 9.47 Å². The van der Waals surface area contributed by atoms with E-state index in [1.165, 1.54) is 0 Å². The van der Waals surface area contributed by atoms with E-state index >= 15 is 0 Å². The highest BCUT2D eigenvalue weighted by Crippen LogP contribution is 2.29. The lowest BCUT2D eigenvalue weighted by Crippen LogP contribution is -2.36. The number of benzene rings is 1. The van der Waals surface area contributed by atoms with Crippen molar-refractivity contribution in [1.82, 2.24) is 0 Å². The Morgan fingerprint density at radius 2 is 2.33 bits per heavy atom. The molecule has 2 N–H and O–H groups in total. The molecular weight excluding hydrogens is 294 g/mol. The van der Waals surface area contributed by atoms with E-state index < -0.39 is 0 Å². The van der Waals surface area contributed by atoms with Crippen LogP contribution in [-0.2, 0) is 11.2 Å². The summed E-state index contributed by atoms with van der Waals surface area (Å²) < 4.78 is 12.0. The van der Waals surface area contributed by atoms with Gasteiger partial charge in [-0.25, -0.2) is 0 Å². The maximum atomic E-state index is 6.32. The van der Waals surface area contributed by atoms with Gasteiger partial charge in [-0.1, -0.05) is 15.9 Å². The van der Waals surface area contributed by atoms with Gasteiger partial charge in [-0.3, -0.25) is 0 Å². The largest absolute Gasteiger partial charge is 0.496 e. The molecule has 0 aromatic heterocycles. The molecule has 0 bridgehead atoms. The van der Waals surface area contributed by atoms with Gasteiger partial charge < -0.3 is 15.2 Å². The van der Waals surface area contributed by atoms with Crippen LogP contribution in [0.1, 0.15) is 18.9 Å². The van der Waals surface area contributed by atoms with Gasteiger partial charge in [0.05, 0.1) is 13.2 Å². The first-order valence-electron chi connectivity index (χ1n) is 6.31. The second-order valence-corrected chi connectivity index (χ2v) is 5.77. The lowest BCUT2D eigenvalue weighted by molar-refractivity contribution is 0.0994. The number of halogens is 1. The Balaban J connectivity index is 2.10. The molecule has 1 heterocycles. The molecule has 1 fully saturated rings. The van der Waals surface area contributed by atoms with Crippen LogP contribution in [0.3, 0.4) is 0 Å². The number of hydrogen-bond acceptors (Lipinski definition) is 3. The zero-order chi connectivity index (χ0) is 13.1. The van der Waals surface area contributed by atoms with Gasteiger partial charge >= 0.3 is 0 Å². The van der Waals surface area contributed by atoms with E-state index in [-0.39, 0.29) is 12.1 Å². The summed E-state index contributed by atoms with van der Waals surface area (Å²) in [5, 5.41) is 0. The number of methoxy groups -OCH3 is 1. The maximum absolute atomic E-state index is 6.32. The van der Waals surface area contributed by atoms with Crippen LogP contribution in [-0.4, -0.2) is 25.9 Å². The van der Waals surface area contributed by atoms with Crippen LogP contribution < -0.4 is 10.5 Å². The Hall–Kier alpha value is -0.580. The Morgan fingerprint density at radius 1 is 1.56 bits per heavy atom. The van der Waals surface area contributed by atoms with E-state index in [1.807, 2.05) is 12.1 Å². The van der Waals surface area contributed by atoms with Crippen molar-refractivity contribution in [2.24, 2.45) is 11.7 Å². The normalized spacial score (nSPS) is 25.1. The van der Waals surface area contributed by atoms with Gasteiger partial charge in [-0.05, 0) is 43.5 Å². The van der Waals surface area contributed by atoms with Crippen molar-refractivity contribution in [1.29, 1.82) is 0 Å². The standard InChI is InChI=1S/C14H20BrNO2/c1-9-12(5-6-18-9)13(16)8-10-7-11(15)3-4-14(10)17-2/h3-4,7,9,12-13H,5-6,8,16H2,1-2H3. The Morgan fingerprint density at radius 3 is 2.94 bits per heavy atom. The third-order valence-electron chi connectivity index (χ3n) is 3.68. The van der Waals surface area contributed by atoms with Crippen molar-refractivity contribution >= 4 is 15.9 Å². The number of nitrogens with two attached hydrogens (primary N) is 1. The lowest BCUT2D eigenvalue weighted by Gasteiger charge is -2.22. The molecule has 100 valence electrons. The van der Waals surface area contributed by atoms with E-state index in [4.69, 9.17) is 15.2 Å². The predicted octanol–water partition coefficient (Wildman–Crippen LogP) is 2.75. The molecule has 1 aliphatic rings. The van der Waals surface area contributed by atoms with Crippen LogP contribution in [0.4, 0.5) is 0 Å². The van der Waals surface area contributed by atoms with Gasteiger partial charge in [0.2, 0.25) is 0 Å². The van der Waals surface area contributed by atoms with Crippen molar-refractivity contribution in [3.63, 3.8) is 0 Å². The first-order chi connectivity index (χ1) is 8.61. The monoisotopic (exact) mass is 313 g/mol. The zero-order valence-corrected chi connectivity index (χ0v) is 12.4. The van der Waals surface area contributed by atoms with Crippen LogP contribution in [0, 0.1) is 5.92 Å². The van der Waals surface area contributed by atoms with E-state index in [9.17, 15) is 0 Å². The Bertz CT molecular complexity index is 411. The molecule has 0 aliphatic carbocycles. The molecular formula is C14H20BrNO2. The summed E-state index contributed by atoms with van der Waals surface area (Å²) in [6, 6.07) is 6.15.